The molecule has 2 aromatic rings. The van der Waals surface area contributed by atoms with E-state index in [1.165, 1.54) is 24.5 Å². The fourth-order valence-electron chi connectivity index (χ4n) is 1.99. The van der Waals surface area contributed by atoms with Gasteiger partial charge in [-0.1, -0.05) is 23.4 Å². The van der Waals surface area contributed by atoms with Crippen molar-refractivity contribution in [1.82, 2.24) is 15.3 Å². The lowest BCUT2D eigenvalue weighted by atomic mass is 10.2. The molecule has 0 spiro atoms. The van der Waals surface area contributed by atoms with Crippen molar-refractivity contribution in [2.24, 2.45) is 4.99 Å². The number of rotatable bonds is 4. The van der Waals surface area contributed by atoms with Crippen LogP contribution < -0.4 is 10.6 Å². The summed E-state index contributed by atoms with van der Waals surface area (Å²) in [5.74, 6) is -1.08. The Morgan fingerprint density at radius 1 is 1.40 bits per heavy atom. The molecule has 1 saturated heterocycles. The molecule has 0 bridgehead atoms. The Labute approximate surface area is 151 Å². The van der Waals surface area contributed by atoms with Crippen LogP contribution in [-0.2, 0) is 9.59 Å². The van der Waals surface area contributed by atoms with Gasteiger partial charge in [0.2, 0.25) is 11.8 Å². The number of amides is 2. The van der Waals surface area contributed by atoms with Crippen LogP contribution in [0.4, 0.5) is 16.0 Å². The number of halogens is 2. The van der Waals surface area contributed by atoms with Gasteiger partial charge in [0.25, 0.3) is 5.95 Å². The maximum atomic E-state index is 13.1. The van der Waals surface area contributed by atoms with Crippen LogP contribution in [-0.4, -0.2) is 32.2 Å². The van der Waals surface area contributed by atoms with Crippen molar-refractivity contribution in [1.29, 1.82) is 0 Å². The van der Waals surface area contributed by atoms with E-state index < -0.39 is 17.0 Å². The van der Waals surface area contributed by atoms with Crippen LogP contribution in [0, 0.1) is 5.82 Å². The second kappa shape index (κ2) is 7.58. The average Bonchev–Trinajstić information content (AvgIpc) is 2.91. The number of thioether (sulfide) groups is 1. The molecule has 1 unspecified atom stereocenters. The minimum Gasteiger partial charge on any atom is -0.326 e. The monoisotopic (exact) mass is 379 g/mol. The third-order valence-corrected chi connectivity index (χ3v) is 4.48. The lowest BCUT2D eigenvalue weighted by Gasteiger charge is -2.08. The zero-order chi connectivity index (χ0) is 17.8. The first-order valence-electron chi connectivity index (χ1n) is 7.09. The van der Waals surface area contributed by atoms with E-state index in [2.05, 4.69) is 25.6 Å². The van der Waals surface area contributed by atoms with E-state index in [9.17, 15) is 14.0 Å². The number of aromatic nitrogens is 2. The van der Waals surface area contributed by atoms with E-state index >= 15 is 0 Å². The Hall–Kier alpha value is -2.52. The minimum atomic E-state index is -0.626. The van der Waals surface area contributed by atoms with Gasteiger partial charge in [-0.25, -0.2) is 14.4 Å². The third-order valence-electron chi connectivity index (χ3n) is 3.10. The largest absolute Gasteiger partial charge is 0.326 e. The predicted octanol–water partition coefficient (Wildman–Crippen LogP) is 2.52. The number of benzene rings is 1. The molecule has 0 saturated carbocycles. The van der Waals surface area contributed by atoms with Gasteiger partial charge < -0.3 is 10.6 Å². The lowest BCUT2D eigenvalue weighted by molar-refractivity contribution is -0.122. The standard InChI is InChI=1S/C15H11ClFN5O2S/c16-9-6-8(2-3-10(9)17)20-12(23)7-11-13(24)21-15(25-11)22-14-18-4-1-5-19-14/h1-6,11H,7H2,(H,20,23)(H,18,19,21,22,24). The number of nitrogens with one attached hydrogen (secondary N) is 2. The van der Waals surface area contributed by atoms with E-state index in [1.807, 2.05) is 0 Å². The molecule has 1 atom stereocenters. The Kier molecular flexibility index (Phi) is 5.25. The van der Waals surface area contributed by atoms with Gasteiger partial charge in [-0.3, -0.25) is 9.59 Å². The smallest absolute Gasteiger partial charge is 0.251 e. The van der Waals surface area contributed by atoms with E-state index in [1.54, 1.807) is 6.07 Å². The Bertz CT molecular complexity index is 849. The Morgan fingerprint density at radius 3 is 2.88 bits per heavy atom. The maximum absolute atomic E-state index is 13.1. The number of anilines is 1. The Balaban J connectivity index is 1.61. The molecule has 1 aliphatic rings. The van der Waals surface area contributed by atoms with Crippen molar-refractivity contribution in [2.75, 3.05) is 5.32 Å². The number of carbonyl (C=O) groups is 2. The van der Waals surface area contributed by atoms with Gasteiger partial charge in [0.1, 0.15) is 11.1 Å². The Morgan fingerprint density at radius 2 is 2.16 bits per heavy atom. The summed E-state index contributed by atoms with van der Waals surface area (Å²) in [6.07, 6.45) is 3.00. The average molecular weight is 380 g/mol. The van der Waals surface area contributed by atoms with Crippen molar-refractivity contribution in [3.05, 3.63) is 47.5 Å². The number of carbonyl (C=O) groups excluding carboxylic acids is 2. The van der Waals surface area contributed by atoms with Gasteiger partial charge in [0.05, 0.1) is 5.02 Å². The molecule has 10 heteroatoms. The molecule has 2 heterocycles. The second-order valence-corrected chi connectivity index (χ2v) is 6.54. The van der Waals surface area contributed by atoms with Gasteiger partial charge in [-0.2, -0.15) is 4.99 Å². The molecular weight excluding hydrogens is 369 g/mol. The predicted molar refractivity (Wildman–Crippen MR) is 93.3 cm³/mol. The molecule has 2 N–H and O–H groups in total. The molecule has 1 aromatic carbocycles. The van der Waals surface area contributed by atoms with Crippen LogP contribution in [0.1, 0.15) is 6.42 Å². The van der Waals surface area contributed by atoms with Crippen LogP contribution >= 0.6 is 23.4 Å². The lowest BCUT2D eigenvalue weighted by Crippen LogP contribution is -2.28. The highest BCUT2D eigenvalue weighted by molar-refractivity contribution is 8.15. The fourth-order valence-corrected chi connectivity index (χ4v) is 3.13. The number of aliphatic imine (C=N–C) groups is 1. The SMILES string of the molecule is O=C(CC1S/C(=N\c2ncccn2)NC1=O)Nc1ccc(F)c(Cl)c1. The normalized spacial score (nSPS) is 18.2. The number of hydrogen-bond acceptors (Lipinski definition) is 6. The fraction of sp³-hybridized carbons (Fsp3) is 0.133. The van der Waals surface area contributed by atoms with Gasteiger partial charge in [0.15, 0.2) is 5.17 Å². The minimum absolute atomic E-state index is 0.0693. The summed E-state index contributed by atoms with van der Waals surface area (Å²) in [4.78, 5) is 36.0. The van der Waals surface area contributed by atoms with Crippen LogP contribution in [0.25, 0.3) is 0 Å². The van der Waals surface area contributed by atoms with Crippen molar-refractivity contribution < 1.29 is 14.0 Å². The zero-order valence-electron chi connectivity index (χ0n) is 12.6. The third kappa shape index (κ3) is 4.52. The zero-order valence-corrected chi connectivity index (χ0v) is 14.1. The first kappa shape index (κ1) is 17.3. The first-order valence-corrected chi connectivity index (χ1v) is 8.35. The summed E-state index contributed by atoms with van der Waals surface area (Å²) in [5.41, 5.74) is 0.353. The first-order chi connectivity index (χ1) is 12.0. The van der Waals surface area contributed by atoms with E-state index in [0.29, 0.717) is 10.9 Å². The van der Waals surface area contributed by atoms with Crippen molar-refractivity contribution in [2.45, 2.75) is 11.7 Å². The van der Waals surface area contributed by atoms with Gasteiger partial charge in [0, 0.05) is 24.5 Å². The molecule has 1 fully saturated rings. The summed E-state index contributed by atoms with van der Waals surface area (Å²) in [6, 6.07) is 5.50. The molecule has 128 valence electrons. The molecular formula is C15H11ClFN5O2S. The van der Waals surface area contributed by atoms with Gasteiger partial charge in [-0.05, 0) is 24.3 Å². The topological polar surface area (TPSA) is 96.3 Å². The summed E-state index contributed by atoms with van der Waals surface area (Å²) >= 11 is 6.79. The second-order valence-electron chi connectivity index (χ2n) is 4.94. The highest BCUT2D eigenvalue weighted by atomic mass is 35.5. The molecule has 0 aliphatic carbocycles. The number of nitrogens with zero attached hydrogens (tertiary/aromatic N) is 3. The van der Waals surface area contributed by atoms with Crippen LogP contribution in [0.5, 0.6) is 0 Å². The highest BCUT2D eigenvalue weighted by Gasteiger charge is 2.32. The molecule has 0 radical (unpaired) electrons. The molecule has 7 nitrogen and oxygen atoms in total. The van der Waals surface area contributed by atoms with Crippen LogP contribution in [0.2, 0.25) is 5.02 Å². The quantitative estimate of drug-likeness (QED) is 0.850. The van der Waals surface area contributed by atoms with Crippen LogP contribution in [0.3, 0.4) is 0 Å². The summed E-state index contributed by atoms with van der Waals surface area (Å²) in [6.45, 7) is 0. The summed E-state index contributed by atoms with van der Waals surface area (Å²) in [7, 11) is 0. The van der Waals surface area contributed by atoms with Gasteiger partial charge >= 0.3 is 0 Å². The van der Waals surface area contributed by atoms with E-state index in [0.717, 1.165) is 17.8 Å². The van der Waals surface area contributed by atoms with E-state index in [4.69, 9.17) is 11.6 Å². The maximum Gasteiger partial charge on any atom is 0.251 e. The van der Waals surface area contributed by atoms with Gasteiger partial charge in [-0.15, -0.1) is 0 Å². The summed E-state index contributed by atoms with van der Waals surface area (Å²) < 4.78 is 13.1. The molecule has 1 aliphatic heterocycles. The molecule has 2 amide bonds. The molecule has 1 aromatic heterocycles. The van der Waals surface area contributed by atoms with Crippen molar-refractivity contribution in [3.63, 3.8) is 0 Å². The van der Waals surface area contributed by atoms with Crippen molar-refractivity contribution in [3.8, 4) is 0 Å². The highest BCUT2D eigenvalue weighted by Crippen LogP contribution is 2.25. The molecule has 25 heavy (non-hydrogen) atoms. The van der Waals surface area contributed by atoms with Crippen LogP contribution in [0.15, 0.2) is 41.7 Å². The summed E-state index contributed by atoms with van der Waals surface area (Å²) in [5, 5.41) is 4.77. The van der Waals surface area contributed by atoms with Crippen molar-refractivity contribution >= 4 is 52.0 Å². The number of amidine groups is 1. The van der Waals surface area contributed by atoms with E-state index in [-0.39, 0.29) is 23.3 Å². The molecule has 3 rings (SSSR count). The number of hydrogen-bond donors (Lipinski definition) is 2.